The van der Waals surface area contributed by atoms with Crippen molar-refractivity contribution in [1.82, 2.24) is 4.98 Å². The first-order valence-corrected chi connectivity index (χ1v) is 8.10. The highest BCUT2D eigenvalue weighted by molar-refractivity contribution is 6.32. The number of nitrogen functional groups attached to an aromatic ring is 1. The summed E-state index contributed by atoms with van der Waals surface area (Å²) in [6.45, 7) is 0. The number of halogens is 1. The molecule has 0 saturated carbocycles. The van der Waals surface area contributed by atoms with Gasteiger partial charge in [0.15, 0.2) is 0 Å². The van der Waals surface area contributed by atoms with Crippen LogP contribution in [-0.4, -0.2) is 14.8 Å². The minimum atomic E-state index is -0.647. The highest BCUT2D eigenvalue weighted by Crippen LogP contribution is 2.37. The second-order valence-electron chi connectivity index (χ2n) is 5.62. The van der Waals surface area contributed by atoms with Gasteiger partial charge in [-0.15, -0.1) is 0 Å². The molecule has 0 aliphatic rings. The summed E-state index contributed by atoms with van der Waals surface area (Å²) in [7, 11) is 0. The van der Waals surface area contributed by atoms with Crippen LogP contribution in [0.4, 0.5) is 17.2 Å². The molecule has 0 spiro atoms. The summed E-state index contributed by atoms with van der Waals surface area (Å²) in [6, 6.07) is 13.3. The van der Waals surface area contributed by atoms with E-state index in [9.17, 15) is 25.5 Å². The Bertz CT molecular complexity index is 1170. The fourth-order valence-corrected chi connectivity index (χ4v) is 2.90. The minimum absolute atomic E-state index is 0.000968. The molecule has 1 heterocycles. The number of rotatable bonds is 4. The van der Waals surface area contributed by atoms with Crippen LogP contribution < -0.4 is 5.73 Å². The first kappa shape index (κ1) is 18.8. The number of hydrogen-bond acceptors (Lipinski definition) is 7. The number of nitro benzene ring substituents is 2. The molecule has 0 aliphatic carbocycles. The van der Waals surface area contributed by atoms with Crippen molar-refractivity contribution in [2.45, 2.75) is 0 Å². The Kier molecular flexibility index (Phi) is 4.89. The predicted octanol–water partition coefficient (Wildman–Crippen LogP) is 4.34. The molecule has 0 amide bonds. The van der Waals surface area contributed by atoms with Crippen molar-refractivity contribution in [1.29, 1.82) is 5.26 Å². The molecule has 0 bridgehead atoms. The average molecular weight is 396 g/mol. The average Bonchev–Trinajstić information content (AvgIpc) is 2.67. The van der Waals surface area contributed by atoms with Crippen LogP contribution in [0, 0.1) is 31.6 Å². The summed E-state index contributed by atoms with van der Waals surface area (Å²) >= 11 is 5.85. The molecule has 3 aromatic rings. The number of nitrogens with two attached hydrogens (primary N) is 1. The van der Waals surface area contributed by atoms with Gasteiger partial charge in [0.05, 0.1) is 21.1 Å². The number of para-hydroxylation sites is 1. The third kappa shape index (κ3) is 3.32. The minimum Gasteiger partial charge on any atom is -0.383 e. The quantitative estimate of drug-likeness (QED) is 0.509. The molecular formula is C18H10ClN5O4. The molecule has 9 nitrogen and oxygen atoms in total. The van der Waals surface area contributed by atoms with Crippen LogP contribution in [0.2, 0.25) is 5.02 Å². The number of benzene rings is 2. The van der Waals surface area contributed by atoms with Crippen LogP contribution in [0.3, 0.4) is 0 Å². The summed E-state index contributed by atoms with van der Waals surface area (Å²) in [5.41, 5.74) is 6.29. The maximum Gasteiger partial charge on any atom is 0.288 e. The lowest BCUT2D eigenvalue weighted by atomic mass is 9.97. The highest BCUT2D eigenvalue weighted by atomic mass is 35.5. The second-order valence-corrected chi connectivity index (χ2v) is 6.03. The number of anilines is 1. The topological polar surface area (TPSA) is 149 Å². The second kappa shape index (κ2) is 7.30. The number of pyridine rings is 1. The monoisotopic (exact) mass is 395 g/mol. The SMILES string of the molecule is N#Cc1c(-c2ccc(Cl)c([N+](=O)[O-])c2)cc(-c2ccccc2[N+](=O)[O-])nc1N. The first-order valence-electron chi connectivity index (χ1n) is 7.72. The van der Waals surface area contributed by atoms with Gasteiger partial charge < -0.3 is 5.73 Å². The molecular weight excluding hydrogens is 386 g/mol. The largest absolute Gasteiger partial charge is 0.383 e. The zero-order chi connectivity index (χ0) is 20.4. The Labute approximate surface area is 162 Å². The van der Waals surface area contributed by atoms with E-state index in [1.54, 1.807) is 6.07 Å². The van der Waals surface area contributed by atoms with Gasteiger partial charge in [-0.1, -0.05) is 29.8 Å². The zero-order valence-corrected chi connectivity index (χ0v) is 14.8. The van der Waals surface area contributed by atoms with Crippen LogP contribution in [0.1, 0.15) is 5.56 Å². The maximum absolute atomic E-state index is 11.3. The lowest BCUT2D eigenvalue weighted by molar-refractivity contribution is -0.384. The van der Waals surface area contributed by atoms with E-state index in [-0.39, 0.29) is 44.6 Å². The van der Waals surface area contributed by atoms with E-state index in [1.165, 1.54) is 42.5 Å². The number of nitro groups is 2. The molecule has 138 valence electrons. The first-order chi connectivity index (χ1) is 13.3. The molecule has 0 fully saturated rings. The summed E-state index contributed by atoms with van der Waals surface area (Å²) in [5.74, 6) is -0.147. The normalized spacial score (nSPS) is 10.3. The van der Waals surface area contributed by atoms with Crippen molar-refractivity contribution in [2.24, 2.45) is 0 Å². The van der Waals surface area contributed by atoms with Crippen LogP contribution in [0.25, 0.3) is 22.4 Å². The fourth-order valence-electron chi connectivity index (χ4n) is 2.72. The molecule has 0 radical (unpaired) electrons. The molecule has 10 heteroatoms. The Morgan fingerprint density at radius 3 is 2.32 bits per heavy atom. The van der Waals surface area contributed by atoms with Crippen molar-refractivity contribution in [3.63, 3.8) is 0 Å². The van der Waals surface area contributed by atoms with Gasteiger partial charge in [0.25, 0.3) is 11.4 Å². The van der Waals surface area contributed by atoms with Crippen LogP contribution in [0.5, 0.6) is 0 Å². The molecule has 0 atom stereocenters. The third-order valence-electron chi connectivity index (χ3n) is 3.99. The van der Waals surface area contributed by atoms with Crippen molar-refractivity contribution in [3.8, 4) is 28.5 Å². The lowest BCUT2D eigenvalue weighted by Gasteiger charge is -2.11. The van der Waals surface area contributed by atoms with E-state index >= 15 is 0 Å². The Morgan fingerprint density at radius 1 is 1.00 bits per heavy atom. The third-order valence-corrected chi connectivity index (χ3v) is 4.31. The summed E-state index contributed by atoms with van der Waals surface area (Å²) in [4.78, 5) is 25.4. The van der Waals surface area contributed by atoms with Gasteiger partial charge in [-0.3, -0.25) is 20.2 Å². The predicted molar refractivity (Wildman–Crippen MR) is 103 cm³/mol. The molecule has 1 aromatic heterocycles. The van der Waals surface area contributed by atoms with E-state index in [0.717, 1.165) is 0 Å². The molecule has 2 N–H and O–H groups in total. The number of hydrogen-bond donors (Lipinski definition) is 1. The van der Waals surface area contributed by atoms with Crippen molar-refractivity contribution in [2.75, 3.05) is 5.73 Å². The van der Waals surface area contributed by atoms with Gasteiger partial charge in [-0.2, -0.15) is 5.26 Å². The molecule has 2 aromatic carbocycles. The summed E-state index contributed by atoms with van der Waals surface area (Å²) in [5, 5.41) is 31.9. The van der Waals surface area contributed by atoms with Gasteiger partial charge in [0, 0.05) is 17.7 Å². The van der Waals surface area contributed by atoms with Gasteiger partial charge in [0.1, 0.15) is 22.5 Å². The number of aromatic nitrogens is 1. The number of nitriles is 1. The number of nitrogens with zero attached hydrogens (tertiary/aromatic N) is 4. The molecule has 28 heavy (non-hydrogen) atoms. The van der Waals surface area contributed by atoms with E-state index in [1.807, 2.05) is 6.07 Å². The molecule has 0 aliphatic heterocycles. The van der Waals surface area contributed by atoms with Crippen LogP contribution >= 0.6 is 11.6 Å². The van der Waals surface area contributed by atoms with Crippen molar-refractivity contribution in [3.05, 3.63) is 79.3 Å². The van der Waals surface area contributed by atoms with Crippen LogP contribution in [0.15, 0.2) is 48.5 Å². The van der Waals surface area contributed by atoms with E-state index in [4.69, 9.17) is 17.3 Å². The Hall–Kier alpha value is -4.03. The van der Waals surface area contributed by atoms with Gasteiger partial charge >= 0.3 is 0 Å². The Morgan fingerprint density at radius 2 is 1.68 bits per heavy atom. The van der Waals surface area contributed by atoms with Gasteiger partial charge in [-0.25, -0.2) is 4.98 Å². The molecule has 0 unspecified atom stereocenters. The van der Waals surface area contributed by atoms with Crippen LogP contribution in [-0.2, 0) is 0 Å². The van der Waals surface area contributed by atoms with Gasteiger partial charge in [0.2, 0.25) is 0 Å². The van der Waals surface area contributed by atoms with E-state index in [2.05, 4.69) is 4.98 Å². The highest BCUT2D eigenvalue weighted by Gasteiger charge is 2.21. The molecule has 3 rings (SSSR count). The fraction of sp³-hybridized carbons (Fsp3) is 0. The summed E-state index contributed by atoms with van der Waals surface area (Å²) < 4.78 is 0. The molecule has 0 saturated heterocycles. The standard InChI is InChI=1S/C18H10ClN5O4/c19-14-6-5-10(7-17(14)24(27)28)12-8-15(22-18(21)13(12)9-20)11-3-1-2-4-16(11)23(25)26/h1-8H,(H2,21,22). The van der Waals surface area contributed by atoms with Crippen molar-refractivity contribution < 1.29 is 9.85 Å². The van der Waals surface area contributed by atoms with E-state index in [0.29, 0.717) is 5.56 Å². The Balaban J connectivity index is 2.30. The van der Waals surface area contributed by atoms with Crippen molar-refractivity contribution >= 4 is 28.8 Å². The smallest absolute Gasteiger partial charge is 0.288 e. The summed E-state index contributed by atoms with van der Waals surface area (Å²) in [6.07, 6.45) is 0. The zero-order valence-electron chi connectivity index (χ0n) is 14.0. The van der Waals surface area contributed by atoms with Gasteiger partial charge in [-0.05, 0) is 23.8 Å². The lowest BCUT2D eigenvalue weighted by Crippen LogP contribution is -2.01. The maximum atomic E-state index is 11.3. The van der Waals surface area contributed by atoms with E-state index < -0.39 is 9.85 Å².